The second-order valence-electron chi connectivity index (χ2n) is 6.85. The molecule has 0 unspecified atom stereocenters. The minimum Gasteiger partial charge on any atom is -0.492 e. The number of anilines is 1. The van der Waals surface area contributed by atoms with E-state index >= 15 is 0 Å². The minimum absolute atomic E-state index is 0.204. The first-order valence-corrected chi connectivity index (χ1v) is 9.83. The van der Waals surface area contributed by atoms with E-state index in [9.17, 15) is 4.79 Å². The smallest absolute Gasteiger partial charge is 0.255 e. The van der Waals surface area contributed by atoms with Crippen LogP contribution in [0.1, 0.15) is 28.5 Å². The molecule has 0 saturated heterocycles. The highest BCUT2D eigenvalue weighted by Gasteiger charge is 2.10. The van der Waals surface area contributed by atoms with Crippen LogP contribution in [0.3, 0.4) is 0 Å². The molecule has 0 bridgehead atoms. The Bertz CT molecular complexity index is 1170. The Morgan fingerprint density at radius 3 is 2.60 bits per heavy atom. The number of imidazole rings is 1. The van der Waals surface area contributed by atoms with Gasteiger partial charge in [-0.15, -0.1) is 0 Å². The number of aryl methyl sites for hydroxylation is 1. The number of carbonyl (C=O) groups is 1. The van der Waals surface area contributed by atoms with Gasteiger partial charge in [0.1, 0.15) is 23.8 Å². The van der Waals surface area contributed by atoms with Crippen LogP contribution >= 0.6 is 0 Å². The van der Waals surface area contributed by atoms with Crippen LogP contribution in [0.2, 0.25) is 0 Å². The quantitative estimate of drug-likeness (QED) is 0.480. The molecule has 30 heavy (non-hydrogen) atoms. The van der Waals surface area contributed by atoms with Crippen LogP contribution in [0.25, 0.3) is 5.65 Å². The molecule has 6 heteroatoms. The van der Waals surface area contributed by atoms with Crippen molar-refractivity contribution >= 4 is 17.2 Å². The number of amides is 1. The Labute approximate surface area is 175 Å². The number of rotatable bonds is 7. The van der Waals surface area contributed by atoms with E-state index in [0.29, 0.717) is 36.0 Å². The van der Waals surface area contributed by atoms with E-state index in [2.05, 4.69) is 10.3 Å². The van der Waals surface area contributed by atoms with Crippen LogP contribution < -0.4 is 14.8 Å². The lowest BCUT2D eigenvalue weighted by atomic mass is 10.2. The molecule has 0 fully saturated rings. The van der Waals surface area contributed by atoms with Gasteiger partial charge in [0.2, 0.25) is 0 Å². The number of para-hydroxylation sites is 2. The third kappa shape index (κ3) is 4.27. The number of fused-ring (bicyclic) bond motifs is 1. The highest BCUT2D eigenvalue weighted by atomic mass is 16.5. The molecule has 6 nitrogen and oxygen atoms in total. The first-order valence-electron chi connectivity index (χ1n) is 9.83. The molecule has 4 rings (SSSR count). The summed E-state index contributed by atoms with van der Waals surface area (Å²) >= 11 is 0. The molecule has 0 spiro atoms. The molecular formula is C24H23N3O3. The monoisotopic (exact) mass is 401 g/mol. The lowest BCUT2D eigenvalue weighted by molar-refractivity contribution is 0.102. The van der Waals surface area contributed by atoms with Gasteiger partial charge in [-0.05, 0) is 61.9 Å². The fraction of sp³-hybridized carbons (Fsp3) is 0.167. The van der Waals surface area contributed by atoms with E-state index in [1.807, 2.05) is 67.0 Å². The maximum Gasteiger partial charge on any atom is 0.255 e. The van der Waals surface area contributed by atoms with Crippen molar-refractivity contribution in [2.45, 2.75) is 20.5 Å². The third-order valence-corrected chi connectivity index (χ3v) is 4.67. The average molecular weight is 401 g/mol. The molecule has 2 heterocycles. The zero-order valence-electron chi connectivity index (χ0n) is 17.0. The van der Waals surface area contributed by atoms with Gasteiger partial charge in [0.05, 0.1) is 18.0 Å². The summed E-state index contributed by atoms with van der Waals surface area (Å²) in [7, 11) is 0. The molecule has 0 radical (unpaired) electrons. The fourth-order valence-electron chi connectivity index (χ4n) is 3.18. The van der Waals surface area contributed by atoms with E-state index < -0.39 is 0 Å². The number of hydrogen-bond donors (Lipinski definition) is 1. The topological polar surface area (TPSA) is 64.9 Å². The van der Waals surface area contributed by atoms with E-state index in [1.54, 1.807) is 24.3 Å². The lowest BCUT2D eigenvalue weighted by Crippen LogP contribution is -2.12. The van der Waals surface area contributed by atoms with Gasteiger partial charge in [-0.2, -0.15) is 0 Å². The Kier molecular flexibility index (Phi) is 5.66. The standard InChI is InChI=1S/C24H23N3O3/c1-3-29-22-9-5-4-8-21(22)26-24(28)18-10-12-20(13-11-18)30-16-19-15-27-14-6-7-17(2)23(27)25-19/h4-15H,3,16H2,1-2H3,(H,26,28). The number of nitrogens with one attached hydrogen (secondary N) is 1. The number of nitrogens with zero attached hydrogens (tertiary/aromatic N) is 2. The second-order valence-corrected chi connectivity index (χ2v) is 6.85. The van der Waals surface area contributed by atoms with Gasteiger partial charge >= 0.3 is 0 Å². The minimum atomic E-state index is -0.204. The van der Waals surface area contributed by atoms with Crippen LogP contribution in [0.5, 0.6) is 11.5 Å². The van der Waals surface area contributed by atoms with Crippen LogP contribution in [0.15, 0.2) is 73.1 Å². The van der Waals surface area contributed by atoms with Crippen molar-refractivity contribution in [3.63, 3.8) is 0 Å². The first-order chi connectivity index (χ1) is 14.6. The second kappa shape index (κ2) is 8.69. The summed E-state index contributed by atoms with van der Waals surface area (Å²) < 4.78 is 13.4. The molecule has 0 saturated carbocycles. The number of carbonyl (C=O) groups excluding carboxylic acids is 1. The highest BCUT2D eigenvalue weighted by molar-refractivity contribution is 6.05. The van der Waals surface area contributed by atoms with Crippen molar-refractivity contribution in [3.8, 4) is 11.5 Å². The zero-order valence-corrected chi connectivity index (χ0v) is 17.0. The van der Waals surface area contributed by atoms with E-state index in [1.165, 1.54) is 0 Å². The maximum absolute atomic E-state index is 12.6. The van der Waals surface area contributed by atoms with E-state index in [-0.39, 0.29) is 5.91 Å². The molecule has 0 aliphatic carbocycles. The maximum atomic E-state index is 12.6. The van der Waals surface area contributed by atoms with Crippen LogP contribution in [0.4, 0.5) is 5.69 Å². The molecule has 4 aromatic rings. The van der Waals surface area contributed by atoms with Crippen molar-refractivity contribution in [1.29, 1.82) is 0 Å². The van der Waals surface area contributed by atoms with E-state index in [4.69, 9.17) is 9.47 Å². The lowest BCUT2D eigenvalue weighted by Gasteiger charge is -2.11. The Morgan fingerprint density at radius 1 is 1.03 bits per heavy atom. The fourth-order valence-corrected chi connectivity index (χ4v) is 3.18. The Morgan fingerprint density at radius 2 is 1.83 bits per heavy atom. The molecule has 152 valence electrons. The summed E-state index contributed by atoms with van der Waals surface area (Å²) in [5.74, 6) is 1.12. The number of benzene rings is 2. The summed E-state index contributed by atoms with van der Waals surface area (Å²) in [4.78, 5) is 17.2. The number of pyridine rings is 1. The van der Waals surface area contributed by atoms with Gasteiger partial charge in [-0.3, -0.25) is 4.79 Å². The molecule has 0 atom stereocenters. The summed E-state index contributed by atoms with van der Waals surface area (Å²) in [6, 6.07) is 18.4. The Balaban J connectivity index is 1.40. The van der Waals surface area contributed by atoms with Crippen LogP contribution in [-0.2, 0) is 6.61 Å². The van der Waals surface area contributed by atoms with Crippen molar-refractivity contribution in [2.75, 3.05) is 11.9 Å². The van der Waals surface area contributed by atoms with Gasteiger partial charge in [0.25, 0.3) is 5.91 Å². The van der Waals surface area contributed by atoms with Crippen LogP contribution in [0, 0.1) is 6.92 Å². The molecule has 1 N–H and O–H groups in total. The first kappa shape index (κ1) is 19.5. The number of hydrogen-bond acceptors (Lipinski definition) is 4. The number of aromatic nitrogens is 2. The highest BCUT2D eigenvalue weighted by Crippen LogP contribution is 2.24. The predicted molar refractivity (Wildman–Crippen MR) is 116 cm³/mol. The third-order valence-electron chi connectivity index (χ3n) is 4.67. The summed E-state index contributed by atoms with van der Waals surface area (Å²) in [5, 5.41) is 2.89. The van der Waals surface area contributed by atoms with Gasteiger partial charge in [-0.1, -0.05) is 18.2 Å². The molecule has 2 aromatic carbocycles. The SMILES string of the molecule is CCOc1ccccc1NC(=O)c1ccc(OCc2cn3cccc(C)c3n2)cc1. The van der Waals surface area contributed by atoms with Crippen molar-refractivity contribution in [2.24, 2.45) is 0 Å². The molecule has 2 aromatic heterocycles. The van der Waals surface area contributed by atoms with Gasteiger partial charge in [0, 0.05) is 18.0 Å². The molecule has 0 aliphatic heterocycles. The normalized spacial score (nSPS) is 10.7. The van der Waals surface area contributed by atoms with Gasteiger partial charge in [0.15, 0.2) is 0 Å². The molecule has 0 aliphatic rings. The van der Waals surface area contributed by atoms with Crippen molar-refractivity contribution in [1.82, 2.24) is 9.38 Å². The summed E-state index contributed by atoms with van der Waals surface area (Å²) in [6.45, 7) is 4.83. The summed E-state index contributed by atoms with van der Waals surface area (Å²) in [6.07, 6.45) is 3.93. The summed E-state index contributed by atoms with van der Waals surface area (Å²) in [5.41, 5.74) is 4.07. The van der Waals surface area contributed by atoms with E-state index in [0.717, 1.165) is 16.9 Å². The van der Waals surface area contributed by atoms with Crippen molar-refractivity contribution < 1.29 is 14.3 Å². The van der Waals surface area contributed by atoms with Gasteiger partial charge in [-0.25, -0.2) is 4.98 Å². The number of ether oxygens (including phenoxy) is 2. The largest absolute Gasteiger partial charge is 0.492 e. The Hall–Kier alpha value is -3.80. The molecule has 1 amide bonds. The zero-order chi connectivity index (χ0) is 20.9. The predicted octanol–water partition coefficient (Wildman–Crippen LogP) is 4.87. The van der Waals surface area contributed by atoms with Crippen molar-refractivity contribution in [3.05, 3.63) is 89.9 Å². The van der Waals surface area contributed by atoms with Gasteiger partial charge < -0.3 is 19.2 Å². The average Bonchev–Trinajstić information content (AvgIpc) is 3.19. The van der Waals surface area contributed by atoms with Crippen LogP contribution in [-0.4, -0.2) is 21.9 Å². The molecular weight excluding hydrogens is 378 g/mol.